The first-order valence-electron chi connectivity index (χ1n) is 6.45. The fourth-order valence-electron chi connectivity index (χ4n) is 2.28. The van der Waals surface area contributed by atoms with Crippen molar-refractivity contribution in [3.63, 3.8) is 0 Å². The van der Waals surface area contributed by atoms with Gasteiger partial charge >= 0.3 is 0 Å². The number of hydrogen-bond acceptors (Lipinski definition) is 5. The van der Waals surface area contributed by atoms with E-state index in [9.17, 15) is 0 Å². The Balaban J connectivity index is 1.86. The maximum Gasteiger partial charge on any atom is 0.226 e. The maximum atomic E-state index is 5.89. The number of nitrogens with zero attached hydrogens (tertiary/aromatic N) is 2. The van der Waals surface area contributed by atoms with E-state index in [4.69, 9.17) is 15.0 Å². The van der Waals surface area contributed by atoms with Crippen molar-refractivity contribution in [2.75, 3.05) is 13.2 Å². The van der Waals surface area contributed by atoms with E-state index in [1.165, 1.54) is 25.7 Å². The minimum Gasteiger partial charge on any atom is -0.380 e. The molecule has 0 aliphatic heterocycles. The molecule has 0 saturated heterocycles. The lowest BCUT2D eigenvalue weighted by atomic mass is 10.0. The molecule has 17 heavy (non-hydrogen) atoms. The van der Waals surface area contributed by atoms with Gasteiger partial charge in [0.05, 0.1) is 12.6 Å². The molecule has 1 fully saturated rings. The SMILES string of the molecule is CCOCC(N)c1noc(CC2CCCC2)n1. The van der Waals surface area contributed by atoms with Crippen molar-refractivity contribution in [1.82, 2.24) is 10.1 Å². The second-order valence-electron chi connectivity index (χ2n) is 4.67. The molecule has 5 nitrogen and oxygen atoms in total. The van der Waals surface area contributed by atoms with Crippen molar-refractivity contribution in [1.29, 1.82) is 0 Å². The Morgan fingerprint density at radius 1 is 1.47 bits per heavy atom. The van der Waals surface area contributed by atoms with E-state index in [-0.39, 0.29) is 6.04 Å². The van der Waals surface area contributed by atoms with E-state index in [0.29, 0.717) is 25.0 Å². The predicted octanol–water partition coefficient (Wildman–Crippen LogP) is 1.84. The van der Waals surface area contributed by atoms with Crippen LogP contribution in [0, 0.1) is 5.92 Å². The van der Waals surface area contributed by atoms with Gasteiger partial charge in [0.25, 0.3) is 0 Å². The van der Waals surface area contributed by atoms with Crippen LogP contribution in [0.5, 0.6) is 0 Å². The van der Waals surface area contributed by atoms with Crippen LogP contribution < -0.4 is 5.73 Å². The molecule has 0 bridgehead atoms. The van der Waals surface area contributed by atoms with Gasteiger partial charge in [-0.05, 0) is 25.7 Å². The molecule has 2 rings (SSSR count). The number of nitrogens with two attached hydrogens (primary N) is 1. The van der Waals surface area contributed by atoms with Crippen LogP contribution in [0.1, 0.15) is 50.4 Å². The van der Waals surface area contributed by atoms with Gasteiger partial charge in [-0.1, -0.05) is 18.0 Å². The molecule has 1 aliphatic rings. The number of ether oxygens (including phenoxy) is 1. The summed E-state index contributed by atoms with van der Waals surface area (Å²) in [6.07, 6.45) is 6.12. The van der Waals surface area contributed by atoms with Gasteiger partial charge in [0.2, 0.25) is 5.89 Å². The van der Waals surface area contributed by atoms with Crippen LogP contribution in [-0.4, -0.2) is 23.4 Å². The first kappa shape index (κ1) is 12.5. The highest BCUT2D eigenvalue weighted by Gasteiger charge is 2.20. The van der Waals surface area contributed by atoms with Crippen molar-refractivity contribution in [2.24, 2.45) is 11.7 Å². The summed E-state index contributed by atoms with van der Waals surface area (Å²) >= 11 is 0. The molecule has 5 heteroatoms. The van der Waals surface area contributed by atoms with Crippen molar-refractivity contribution in [3.05, 3.63) is 11.7 Å². The van der Waals surface area contributed by atoms with Gasteiger partial charge < -0.3 is 15.0 Å². The van der Waals surface area contributed by atoms with Gasteiger partial charge in [-0.25, -0.2) is 0 Å². The molecule has 1 unspecified atom stereocenters. The van der Waals surface area contributed by atoms with Crippen LogP contribution in [-0.2, 0) is 11.2 Å². The number of hydrogen-bond donors (Lipinski definition) is 1. The summed E-state index contributed by atoms with van der Waals surface area (Å²) in [4.78, 5) is 4.34. The molecule has 0 radical (unpaired) electrons. The number of rotatable bonds is 6. The number of aromatic nitrogens is 2. The van der Waals surface area contributed by atoms with Gasteiger partial charge in [0, 0.05) is 13.0 Å². The molecule has 1 atom stereocenters. The molecule has 0 spiro atoms. The summed E-state index contributed by atoms with van der Waals surface area (Å²) in [5.41, 5.74) is 5.89. The highest BCUT2D eigenvalue weighted by Crippen LogP contribution is 2.27. The second-order valence-corrected chi connectivity index (χ2v) is 4.67. The van der Waals surface area contributed by atoms with E-state index >= 15 is 0 Å². The molecule has 0 aromatic carbocycles. The molecule has 2 N–H and O–H groups in total. The largest absolute Gasteiger partial charge is 0.380 e. The van der Waals surface area contributed by atoms with E-state index in [2.05, 4.69) is 10.1 Å². The van der Waals surface area contributed by atoms with Crippen LogP contribution in [0.3, 0.4) is 0 Å². The Morgan fingerprint density at radius 2 is 2.24 bits per heavy atom. The van der Waals surface area contributed by atoms with Crippen LogP contribution in [0.15, 0.2) is 4.52 Å². The molecule has 1 aromatic rings. The standard InChI is InChI=1S/C12H21N3O2/c1-2-16-8-10(13)12-14-11(17-15-12)7-9-5-3-4-6-9/h9-10H,2-8,13H2,1H3. The molecule has 1 heterocycles. The van der Waals surface area contributed by atoms with Crippen LogP contribution in [0.25, 0.3) is 0 Å². The molecule has 0 amide bonds. The maximum absolute atomic E-state index is 5.89. The average Bonchev–Trinajstić information content (AvgIpc) is 2.98. The summed E-state index contributed by atoms with van der Waals surface area (Å²) in [5, 5.41) is 3.92. The molecule has 1 saturated carbocycles. The van der Waals surface area contributed by atoms with Crippen molar-refractivity contribution < 1.29 is 9.26 Å². The first-order valence-corrected chi connectivity index (χ1v) is 6.45. The Hall–Kier alpha value is -0.940. The quantitative estimate of drug-likeness (QED) is 0.819. The third kappa shape index (κ3) is 3.51. The Kier molecular flexibility index (Phi) is 4.50. The molecule has 1 aliphatic carbocycles. The van der Waals surface area contributed by atoms with E-state index in [0.717, 1.165) is 12.3 Å². The van der Waals surface area contributed by atoms with E-state index in [1.807, 2.05) is 6.92 Å². The monoisotopic (exact) mass is 239 g/mol. The molecular formula is C12H21N3O2. The van der Waals surface area contributed by atoms with E-state index < -0.39 is 0 Å². The van der Waals surface area contributed by atoms with Gasteiger partial charge in [0.1, 0.15) is 0 Å². The molecule has 96 valence electrons. The minimum absolute atomic E-state index is 0.281. The zero-order valence-corrected chi connectivity index (χ0v) is 10.4. The highest BCUT2D eigenvalue weighted by molar-refractivity contribution is 4.94. The molecular weight excluding hydrogens is 218 g/mol. The lowest BCUT2D eigenvalue weighted by molar-refractivity contribution is 0.130. The lowest BCUT2D eigenvalue weighted by Crippen LogP contribution is -2.18. The average molecular weight is 239 g/mol. The van der Waals surface area contributed by atoms with Crippen LogP contribution in [0.4, 0.5) is 0 Å². The van der Waals surface area contributed by atoms with Gasteiger partial charge in [0.15, 0.2) is 5.82 Å². The second kappa shape index (κ2) is 6.12. The zero-order valence-electron chi connectivity index (χ0n) is 10.4. The fourth-order valence-corrected chi connectivity index (χ4v) is 2.28. The van der Waals surface area contributed by atoms with Gasteiger partial charge in [-0.3, -0.25) is 0 Å². The smallest absolute Gasteiger partial charge is 0.226 e. The third-order valence-corrected chi connectivity index (χ3v) is 3.26. The summed E-state index contributed by atoms with van der Waals surface area (Å²) in [7, 11) is 0. The van der Waals surface area contributed by atoms with E-state index in [1.54, 1.807) is 0 Å². The summed E-state index contributed by atoms with van der Waals surface area (Å²) in [5.74, 6) is 2.00. The predicted molar refractivity (Wildman–Crippen MR) is 63.4 cm³/mol. The molecule has 1 aromatic heterocycles. The first-order chi connectivity index (χ1) is 8.29. The summed E-state index contributed by atoms with van der Waals surface area (Å²) in [6, 6.07) is -0.281. The van der Waals surface area contributed by atoms with Gasteiger partial charge in [-0.15, -0.1) is 0 Å². The highest BCUT2D eigenvalue weighted by atomic mass is 16.5. The Bertz CT molecular complexity index is 334. The Labute approximate surface area is 102 Å². The fraction of sp³-hybridized carbons (Fsp3) is 0.833. The van der Waals surface area contributed by atoms with Gasteiger partial charge in [-0.2, -0.15) is 4.98 Å². The summed E-state index contributed by atoms with van der Waals surface area (Å²) in [6.45, 7) is 3.04. The van der Waals surface area contributed by atoms with Crippen molar-refractivity contribution in [2.45, 2.75) is 45.1 Å². The lowest BCUT2D eigenvalue weighted by Gasteiger charge is -2.05. The third-order valence-electron chi connectivity index (χ3n) is 3.26. The summed E-state index contributed by atoms with van der Waals surface area (Å²) < 4.78 is 10.5. The normalized spacial score (nSPS) is 18.7. The van der Waals surface area contributed by atoms with Crippen molar-refractivity contribution in [3.8, 4) is 0 Å². The minimum atomic E-state index is -0.281. The zero-order chi connectivity index (χ0) is 12.1. The topological polar surface area (TPSA) is 74.2 Å². The van der Waals surface area contributed by atoms with Crippen LogP contribution >= 0.6 is 0 Å². The van der Waals surface area contributed by atoms with Crippen molar-refractivity contribution >= 4 is 0 Å². The van der Waals surface area contributed by atoms with Crippen LogP contribution in [0.2, 0.25) is 0 Å². The Morgan fingerprint density at radius 3 is 2.94 bits per heavy atom.